The molecule has 0 bridgehead atoms. The number of amides is 2. The molecule has 0 aromatic heterocycles. The van der Waals surface area contributed by atoms with Gasteiger partial charge in [0.15, 0.2) is 11.5 Å². The molecule has 0 saturated carbocycles. The lowest BCUT2D eigenvalue weighted by Gasteiger charge is -2.19. The van der Waals surface area contributed by atoms with Gasteiger partial charge in [-0.25, -0.2) is 13.2 Å². The number of sulfonamides is 1. The van der Waals surface area contributed by atoms with Crippen LogP contribution in [0.4, 0.5) is 21.9 Å². The van der Waals surface area contributed by atoms with Crippen LogP contribution >= 0.6 is 0 Å². The number of fused-ring (bicyclic) bond motifs is 1. The van der Waals surface area contributed by atoms with Crippen LogP contribution < -0.4 is 24.8 Å². The molecule has 3 aromatic carbocycles. The third kappa shape index (κ3) is 4.47. The fourth-order valence-corrected chi connectivity index (χ4v) is 3.98. The van der Waals surface area contributed by atoms with Gasteiger partial charge in [-0.1, -0.05) is 30.3 Å². The molecule has 154 valence electrons. The number of nitrogens with one attached hydrogen (secondary N) is 3. The van der Waals surface area contributed by atoms with Crippen LogP contribution in [-0.2, 0) is 10.0 Å². The lowest BCUT2D eigenvalue weighted by atomic mass is 10.3. The first-order valence-corrected chi connectivity index (χ1v) is 10.6. The summed E-state index contributed by atoms with van der Waals surface area (Å²) < 4.78 is 39.2. The summed E-state index contributed by atoms with van der Waals surface area (Å²) in [5, 5.41) is 5.35. The Bertz CT molecular complexity index is 1170. The van der Waals surface area contributed by atoms with Crippen molar-refractivity contribution >= 4 is 33.1 Å². The molecule has 0 saturated heterocycles. The van der Waals surface area contributed by atoms with Gasteiger partial charge in [0.1, 0.15) is 13.2 Å². The van der Waals surface area contributed by atoms with Crippen LogP contribution in [0, 0.1) is 0 Å². The molecule has 3 aromatic rings. The Hall–Kier alpha value is -3.72. The van der Waals surface area contributed by atoms with Crippen LogP contribution in [0.5, 0.6) is 11.5 Å². The van der Waals surface area contributed by atoms with Gasteiger partial charge in [0.25, 0.3) is 10.0 Å². The minimum Gasteiger partial charge on any atom is -0.486 e. The molecule has 8 nitrogen and oxygen atoms in total. The summed E-state index contributed by atoms with van der Waals surface area (Å²) in [5.74, 6) is 0.873. The molecule has 1 heterocycles. The number of hydrogen-bond acceptors (Lipinski definition) is 5. The standard InChI is InChI=1S/C21H19N3O5S/c25-21(22-15-6-2-1-3-7-15)23-17-8-4-5-9-18(17)24-30(26,27)16-10-11-19-20(14-16)29-13-12-28-19/h1-11,14,24H,12-13H2,(H2,22,23,25). The third-order valence-electron chi connectivity index (χ3n) is 4.28. The highest BCUT2D eigenvalue weighted by Gasteiger charge is 2.21. The van der Waals surface area contributed by atoms with Crippen LogP contribution in [0.2, 0.25) is 0 Å². The molecule has 1 aliphatic rings. The third-order valence-corrected chi connectivity index (χ3v) is 5.64. The molecule has 0 atom stereocenters. The van der Waals surface area contributed by atoms with Crippen molar-refractivity contribution in [1.82, 2.24) is 0 Å². The van der Waals surface area contributed by atoms with Crippen LogP contribution in [0.15, 0.2) is 77.7 Å². The summed E-state index contributed by atoms with van der Waals surface area (Å²) >= 11 is 0. The number of hydrogen-bond donors (Lipinski definition) is 3. The van der Waals surface area contributed by atoms with E-state index < -0.39 is 16.1 Å². The summed E-state index contributed by atoms with van der Waals surface area (Å²) in [4.78, 5) is 12.3. The number of carbonyl (C=O) groups excluding carboxylic acids is 1. The molecular formula is C21H19N3O5S. The Balaban J connectivity index is 1.53. The molecule has 3 N–H and O–H groups in total. The maximum absolute atomic E-state index is 12.9. The summed E-state index contributed by atoms with van der Waals surface area (Å²) in [7, 11) is -3.92. The Morgan fingerprint density at radius 1 is 0.767 bits per heavy atom. The largest absolute Gasteiger partial charge is 0.486 e. The minimum atomic E-state index is -3.92. The van der Waals surface area contributed by atoms with Crippen LogP contribution in [0.1, 0.15) is 0 Å². The van der Waals surface area contributed by atoms with Gasteiger partial charge in [-0.2, -0.15) is 0 Å². The molecule has 9 heteroatoms. The summed E-state index contributed by atoms with van der Waals surface area (Å²) in [6.45, 7) is 0.772. The van der Waals surface area contributed by atoms with Crippen LogP contribution in [0.3, 0.4) is 0 Å². The smallest absolute Gasteiger partial charge is 0.323 e. The van der Waals surface area contributed by atoms with E-state index in [1.165, 1.54) is 12.1 Å². The molecule has 2 amide bonds. The number of ether oxygens (including phenoxy) is 2. The van der Waals surface area contributed by atoms with Crippen molar-refractivity contribution in [2.75, 3.05) is 28.6 Å². The van der Waals surface area contributed by atoms with Gasteiger partial charge in [-0.15, -0.1) is 0 Å². The topological polar surface area (TPSA) is 106 Å². The van der Waals surface area contributed by atoms with Gasteiger partial charge in [0, 0.05) is 11.8 Å². The quantitative estimate of drug-likeness (QED) is 0.575. The fourth-order valence-electron chi connectivity index (χ4n) is 2.88. The normalized spacial score (nSPS) is 12.7. The minimum absolute atomic E-state index is 0.0234. The van der Waals surface area contributed by atoms with E-state index in [4.69, 9.17) is 9.47 Å². The summed E-state index contributed by atoms with van der Waals surface area (Å²) in [5.41, 5.74) is 1.16. The zero-order chi connectivity index (χ0) is 21.0. The Morgan fingerprint density at radius 3 is 2.20 bits per heavy atom. The highest BCUT2D eigenvalue weighted by Crippen LogP contribution is 2.33. The maximum Gasteiger partial charge on any atom is 0.323 e. The molecule has 0 unspecified atom stereocenters. The van der Waals surface area contributed by atoms with E-state index in [-0.39, 0.29) is 10.6 Å². The van der Waals surface area contributed by atoms with Crippen molar-refractivity contribution in [3.05, 3.63) is 72.8 Å². The second-order valence-corrected chi connectivity index (χ2v) is 8.08. The number of benzene rings is 3. The zero-order valence-corrected chi connectivity index (χ0v) is 16.6. The number of carbonyl (C=O) groups is 1. The van der Waals surface area contributed by atoms with Crippen molar-refractivity contribution in [3.8, 4) is 11.5 Å². The summed E-state index contributed by atoms with van der Waals surface area (Å²) in [6.07, 6.45) is 0. The zero-order valence-electron chi connectivity index (χ0n) is 15.8. The first-order valence-electron chi connectivity index (χ1n) is 9.16. The van der Waals surface area contributed by atoms with Crippen LogP contribution in [0.25, 0.3) is 0 Å². The van der Waals surface area contributed by atoms with Crippen molar-refractivity contribution in [2.45, 2.75) is 4.90 Å². The monoisotopic (exact) mass is 425 g/mol. The second kappa shape index (κ2) is 8.34. The van der Waals surface area contributed by atoms with Gasteiger partial charge in [0.2, 0.25) is 0 Å². The van der Waals surface area contributed by atoms with Crippen molar-refractivity contribution < 1.29 is 22.7 Å². The van der Waals surface area contributed by atoms with E-state index in [0.29, 0.717) is 36.1 Å². The lowest BCUT2D eigenvalue weighted by molar-refractivity contribution is 0.171. The average molecular weight is 425 g/mol. The van der Waals surface area contributed by atoms with Crippen molar-refractivity contribution in [1.29, 1.82) is 0 Å². The van der Waals surface area contributed by atoms with Gasteiger partial charge in [-0.05, 0) is 36.4 Å². The Morgan fingerprint density at radius 2 is 1.43 bits per heavy atom. The molecular weight excluding hydrogens is 406 g/mol. The predicted octanol–water partition coefficient (Wildman–Crippen LogP) is 3.90. The lowest BCUT2D eigenvalue weighted by Crippen LogP contribution is -2.21. The number of anilines is 3. The first kappa shape index (κ1) is 19.6. The van der Waals surface area contributed by atoms with Crippen molar-refractivity contribution in [2.24, 2.45) is 0 Å². The SMILES string of the molecule is O=C(Nc1ccccc1)Nc1ccccc1NS(=O)(=O)c1ccc2c(c1)OCCO2. The second-order valence-electron chi connectivity index (χ2n) is 6.40. The van der Waals surface area contributed by atoms with E-state index in [9.17, 15) is 13.2 Å². The molecule has 0 radical (unpaired) electrons. The highest BCUT2D eigenvalue weighted by molar-refractivity contribution is 7.92. The molecule has 30 heavy (non-hydrogen) atoms. The molecule has 4 rings (SSSR count). The van der Waals surface area contributed by atoms with Crippen LogP contribution in [-0.4, -0.2) is 27.7 Å². The van der Waals surface area contributed by atoms with E-state index in [1.54, 1.807) is 54.6 Å². The van der Waals surface area contributed by atoms with Gasteiger partial charge < -0.3 is 20.1 Å². The number of rotatable bonds is 5. The van der Waals surface area contributed by atoms with Gasteiger partial charge in [-0.3, -0.25) is 4.72 Å². The molecule has 0 spiro atoms. The molecule has 1 aliphatic heterocycles. The molecule has 0 aliphatic carbocycles. The number of para-hydroxylation sites is 3. The highest BCUT2D eigenvalue weighted by atomic mass is 32.2. The van der Waals surface area contributed by atoms with Gasteiger partial charge in [0.05, 0.1) is 16.3 Å². The Kier molecular flexibility index (Phi) is 5.44. The number of urea groups is 1. The van der Waals surface area contributed by atoms with Crippen molar-refractivity contribution in [3.63, 3.8) is 0 Å². The average Bonchev–Trinajstić information content (AvgIpc) is 2.75. The maximum atomic E-state index is 12.9. The first-order chi connectivity index (χ1) is 14.5. The molecule has 0 fully saturated rings. The van der Waals surface area contributed by atoms with E-state index in [0.717, 1.165) is 0 Å². The van der Waals surface area contributed by atoms with E-state index in [1.807, 2.05) is 6.07 Å². The predicted molar refractivity (Wildman–Crippen MR) is 114 cm³/mol. The summed E-state index contributed by atoms with van der Waals surface area (Å²) in [6, 6.07) is 19.4. The van der Waals surface area contributed by atoms with E-state index >= 15 is 0 Å². The Labute approximate surface area is 173 Å². The van der Waals surface area contributed by atoms with Gasteiger partial charge >= 0.3 is 6.03 Å². The fraction of sp³-hybridized carbons (Fsp3) is 0.0952. The van der Waals surface area contributed by atoms with E-state index in [2.05, 4.69) is 15.4 Å².